The van der Waals surface area contributed by atoms with E-state index in [0.29, 0.717) is 51.1 Å². The third-order valence-corrected chi connectivity index (χ3v) is 5.22. The fourth-order valence-electron chi connectivity index (χ4n) is 3.61. The number of aliphatic hydroxyl groups is 2. The van der Waals surface area contributed by atoms with E-state index >= 15 is 0 Å². The smallest absolute Gasteiger partial charge is 0.275 e. The van der Waals surface area contributed by atoms with Crippen LogP contribution in [-0.4, -0.2) is 81.3 Å². The number of aryl methyl sites for hydroxylation is 1. The van der Waals surface area contributed by atoms with Gasteiger partial charge in [0.2, 0.25) is 5.91 Å². The molecule has 1 spiro atoms. The summed E-state index contributed by atoms with van der Waals surface area (Å²) in [5, 5.41) is 29.3. The number of rotatable bonds is 4. The van der Waals surface area contributed by atoms with Gasteiger partial charge in [-0.25, -0.2) is 4.63 Å². The topological polar surface area (TPSA) is 138 Å². The van der Waals surface area contributed by atoms with Crippen molar-refractivity contribution in [3.63, 3.8) is 0 Å². The quantitative estimate of drug-likeness (QED) is 0.615. The number of ether oxygens (including phenoxy) is 1. The molecule has 1 unspecified atom stereocenters. The standard InChI is InChI=1S/C16H24N4O6/c1-11-13(19-26-18-11)14(23)17-8-12(22)20-5-2-16(3-6-20)9-15(24,10-21)4-7-25-16/h21,24H,2-10H2,1H3,(H,17,23). The highest BCUT2D eigenvalue weighted by Crippen LogP contribution is 2.39. The lowest BCUT2D eigenvalue weighted by atomic mass is 9.77. The molecular formula is C16H24N4O6. The summed E-state index contributed by atoms with van der Waals surface area (Å²) in [6.07, 6.45) is 1.95. The van der Waals surface area contributed by atoms with Gasteiger partial charge in [0.1, 0.15) is 5.69 Å². The SMILES string of the molecule is Cc1nonc1C(=O)NCC(=O)N1CCC2(CC1)CC(O)(CO)CCO2. The zero-order valence-electron chi connectivity index (χ0n) is 14.7. The monoisotopic (exact) mass is 368 g/mol. The molecule has 0 radical (unpaired) electrons. The highest BCUT2D eigenvalue weighted by molar-refractivity contribution is 5.95. The number of piperidine rings is 1. The maximum atomic E-state index is 12.3. The molecule has 1 atom stereocenters. The molecule has 2 saturated heterocycles. The molecule has 2 amide bonds. The number of amides is 2. The number of likely N-dealkylation sites (tertiary alicyclic amines) is 1. The van der Waals surface area contributed by atoms with Crippen LogP contribution in [0.25, 0.3) is 0 Å². The van der Waals surface area contributed by atoms with Crippen molar-refractivity contribution in [1.82, 2.24) is 20.5 Å². The van der Waals surface area contributed by atoms with Crippen LogP contribution in [0.4, 0.5) is 0 Å². The molecule has 3 rings (SSSR count). The van der Waals surface area contributed by atoms with Crippen LogP contribution in [0.15, 0.2) is 4.63 Å². The van der Waals surface area contributed by atoms with Crippen molar-refractivity contribution >= 4 is 11.8 Å². The molecule has 0 aromatic carbocycles. The van der Waals surface area contributed by atoms with Gasteiger partial charge in [-0.2, -0.15) is 0 Å². The van der Waals surface area contributed by atoms with Gasteiger partial charge >= 0.3 is 0 Å². The van der Waals surface area contributed by atoms with Gasteiger partial charge in [-0.3, -0.25) is 9.59 Å². The molecule has 144 valence electrons. The Kier molecular flexibility index (Phi) is 5.26. The number of nitrogens with zero attached hydrogens (tertiary/aromatic N) is 3. The summed E-state index contributed by atoms with van der Waals surface area (Å²) in [7, 11) is 0. The van der Waals surface area contributed by atoms with E-state index in [9.17, 15) is 19.8 Å². The van der Waals surface area contributed by atoms with E-state index in [-0.39, 0.29) is 24.8 Å². The molecule has 26 heavy (non-hydrogen) atoms. The van der Waals surface area contributed by atoms with E-state index in [2.05, 4.69) is 20.3 Å². The summed E-state index contributed by atoms with van der Waals surface area (Å²) in [4.78, 5) is 25.9. The van der Waals surface area contributed by atoms with Gasteiger partial charge < -0.3 is 25.2 Å². The van der Waals surface area contributed by atoms with Crippen LogP contribution in [0.3, 0.4) is 0 Å². The molecule has 10 nitrogen and oxygen atoms in total. The van der Waals surface area contributed by atoms with Crippen LogP contribution in [0.1, 0.15) is 41.9 Å². The molecule has 3 heterocycles. The minimum absolute atomic E-state index is 0.0642. The van der Waals surface area contributed by atoms with Gasteiger partial charge in [-0.15, -0.1) is 0 Å². The Morgan fingerprint density at radius 2 is 2.00 bits per heavy atom. The van der Waals surface area contributed by atoms with Crippen LogP contribution in [0.2, 0.25) is 0 Å². The van der Waals surface area contributed by atoms with Gasteiger partial charge in [0.25, 0.3) is 5.91 Å². The van der Waals surface area contributed by atoms with Gasteiger partial charge in [0.05, 0.1) is 31.0 Å². The van der Waals surface area contributed by atoms with Crippen LogP contribution in [0, 0.1) is 6.92 Å². The Hall–Kier alpha value is -2.04. The fraction of sp³-hybridized carbons (Fsp3) is 0.750. The second-order valence-corrected chi connectivity index (χ2v) is 7.10. The number of carbonyl (C=O) groups excluding carboxylic acids is 2. The second kappa shape index (κ2) is 7.29. The van der Waals surface area contributed by atoms with E-state index in [1.54, 1.807) is 11.8 Å². The van der Waals surface area contributed by atoms with Gasteiger partial charge in [0, 0.05) is 25.9 Å². The Morgan fingerprint density at radius 3 is 2.62 bits per heavy atom. The molecule has 2 aliphatic heterocycles. The van der Waals surface area contributed by atoms with Crippen molar-refractivity contribution in [2.24, 2.45) is 0 Å². The van der Waals surface area contributed by atoms with E-state index in [0.717, 1.165) is 0 Å². The zero-order chi connectivity index (χ0) is 18.8. The molecule has 0 saturated carbocycles. The van der Waals surface area contributed by atoms with Crippen molar-refractivity contribution in [2.75, 3.05) is 32.8 Å². The van der Waals surface area contributed by atoms with E-state index in [1.165, 1.54) is 0 Å². The molecule has 10 heteroatoms. The van der Waals surface area contributed by atoms with Crippen molar-refractivity contribution in [2.45, 2.75) is 43.8 Å². The first-order valence-corrected chi connectivity index (χ1v) is 8.69. The third-order valence-electron chi connectivity index (χ3n) is 5.22. The van der Waals surface area contributed by atoms with E-state index in [1.807, 2.05) is 0 Å². The lowest BCUT2D eigenvalue weighted by Crippen LogP contribution is -2.56. The maximum Gasteiger partial charge on any atom is 0.275 e. The number of hydrogen-bond acceptors (Lipinski definition) is 8. The van der Waals surface area contributed by atoms with Gasteiger partial charge in [0.15, 0.2) is 5.69 Å². The number of carbonyl (C=O) groups is 2. The van der Waals surface area contributed by atoms with Crippen molar-refractivity contribution in [3.8, 4) is 0 Å². The minimum Gasteiger partial charge on any atom is -0.393 e. The van der Waals surface area contributed by atoms with Crippen LogP contribution in [-0.2, 0) is 9.53 Å². The Balaban J connectivity index is 1.49. The largest absolute Gasteiger partial charge is 0.393 e. The number of aliphatic hydroxyl groups excluding tert-OH is 1. The summed E-state index contributed by atoms with van der Waals surface area (Å²) in [6.45, 7) is 2.51. The predicted molar refractivity (Wildman–Crippen MR) is 87.1 cm³/mol. The molecule has 0 bridgehead atoms. The normalized spacial score (nSPS) is 25.3. The number of nitrogens with one attached hydrogen (secondary N) is 1. The highest BCUT2D eigenvalue weighted by atomic mass is 16.6. The van der Waals surface area contributed by atoms with Crippen LogP contribution >= 0.6 is 0 Å². The average Bonchev–Trinajstić information content (AvgIpc) is 3.06. The first-order chi connectivity index (χ1) is 12.4. The Labute approximate surface area is 150 Å². The summed E-state index contributed by atoms with van der Waals surface area (Å²) < 4.78 is 10.4. The average molecular weight is 368 g/mol. The minimum atomic E-state index is -1.11. The van der Waals surface area contributed by atoms with E-state index in [4.69, 9.17) is 4.74 Å². The molecule has 0 aliphatic carbocycles. The van der Waals surface area contributed by atoms with Crippen molar-refractivity contribution in [3.05, 3.63) is 11.4 Å². The van der Waals surface area contributed by atoms with Gasteiger partial charge in [-0.1, -0.05) is 5.16 Å². The molecule has 2 aliphatic rings. The van der Waals surface area contributed by atoms with Crippen LogP contribution in [0.5, 0.6) is 0 Å². The summed E-state index contributed by atoms with van der Waals surface area (Å²) in [6, 6.07) is 0. The van der Waals surface area contributed by atoms with Gasteiger partial charge in [-0.05, 0) is 24.9 Å². The lowest BCUT2D eigenvalue weighted by molar-refractivity contribution is -0.189. The summed E-state index contributed by atoms with van der Waals surface area (Å²) >= 11 is 0. The fourth-order valence-corrected chi connectivity index (χ4v) is 3.61. The third kappa shape index (κ3) is 3.87. The predicted octanol–water partition coefficient (Wildman–Crippen LogP) is -0.997. The molecule has 1 aromatic rings. The summed E-state index contributed by atoms with van der Waals surface area (Å²) in [5.74, 6) is -0.704. The molecule has 2 fully saturated rings. The lowest BCUT2D eigenvalue weighted by Gasteiger charge is -2.48. The van der Waals surface area contributed by atoms with E-state index < -0.39 is 17.1 Å². The highest BCUT2D eigenvalue weighted by Gasteiger charge is 2.46. The zero-order valence-corrected chi connectivity index (χ0v) is 14.7. The van der Waals surface area contributed by atoms with Crippen molar-refractivity contribution < 1.29 is 29.2 Å². The van der Waals surface area contributed by atoms with Crippen LogP contribution < -0.4 is 5.32 Å². The first-order valence-electron chi connectivity index (χ1n) is 8.69. The number of hydrogen-bond donors (Lipinski definition) is 3. The maximum absolute atomic E-state index is 12.3. The second-order valence-electron chi connectivity index (χ2n) is 7.10. The first kappa shape index (κ1) is 18.7. The molecular weight excluding hydrogens is 344 g/mol. The van der Waals surface area contributed by atoms with Crippen molar-refractivity contribution in [1.29, 1.82) is 0 Å². The molecule has 1 aromatic heterocycles. The number of aromatic nitrogens is 2. The molecule has 3 N–H and O–H groups in total. The Morgan fingerprint density at radius 1 is 1.27 bits per heavy atom. The Bertz CT molecular complexity index is 669. The summed E-state index contributed by atoms with van der Waals surface area (Å²) in [5.41, 5.74) is -1.18.